The Hall–Kier alpha value is -0.560. The van der Waals surface area contributed by atoms with Crippen LogP contribution in [0.3, 0.4) is 0 Å². The SMILES string of the molecule is FC(F)=C(F)CCSc1nnc(C2CC2)s1. The number of halogens is 3. The standard InChI is InChI=1S/C9H9F3N2S2/c10-6(7(11)12)3-4-15-9-14-13-8(16-9)5-1-2-5/h5H,1-4H2. The molecule has 1 aliphatic carbocycles. The summed E-state index contributed by atoms with van der Waals surface area (Å²) in [7, 11) is 0. The number of rotatable bonds is 5. The van der Waals surface area contributed by atoms with Crippen molar-refractivity contribution in [3.63, 3.8) is 0 Å². The van der Waals surface area contributed by atoms with E-state index in [2.05, 4.69) is 10.2 Å². The molecule has 7 heteroatoms. The fourth-order valence-electron chi connectivity index (χ4n) is 1.10. The van der Waals surface area contributed by atoms with Crippen molar-refractivity contribution in [3.05, 3.63) is 16.9 Å². The van der Waals surface area contributed by atoms with Gasteiger partial charge in [0.25, 0.3) is 0 Å². The van der Waals surface area contributed by atoms with Crippen LogP contribution in [-0.2, 0) is 0 Å². The second kappa shape index (κ2) is 5.18. The first-order chi connectivity index (χ1) is 7.66. The molecule has 88 valence electrons. The molecule has 2 nitrogen and oxygen atoms in total. The van der Waals surface area contributed by atoms with Gasteiger partial charge in [-0.1, -0.05) is 23.1 Å². The highest BCUT2D eigenvalue weighted by molar-refractivity contribution is 8.01. The number of nitrogens with zero attached hydrogens (tertiary/aromatic N) is 2. The lowest BCUT2D eigenvalue weighted by molar-refractivity contribution is 0.373. The Balaban J connectivity index is 1.78. The summed E-state index contributed by atoms with van der Waals surface area (Å²) < 4.78 is 36.7. The highest BCUT2D eigenvalue weighted by Gasteiger charge is 2.27. The molecule has 2 rings (SSSR count). The molecule has 0 amide bonds. The molecule has 0 saturated heterocycles. The summed E-state index contributed by atoms with van der Waals surface area (Å²) in [4.78, 5) is 0. The summed E-state index contributed by atoms with van der Waals surface area (Å²) in [6.07, 6.45) is -0.171. The van der Waals surface area contributed by atoms with Crippen molar-refractivity contribution >= 4 is 23.1 Å². The topological polar surface area (TPSA) is 25.8 Å². The van der Waals surface area contributed by atoms with Crippen LogP contribution in [0.15, 0.2) is 16.2 Å². The van der Waals surface area contributed by atoms with Crippen LogP contribution in [0.25, 0.3) is 0 Å². The molecule has 1 aliphatic rings. The number of hydrogen-bond donors (Lipinski definition) is 0. The third-order valence-electron chi connectivity index (χ3n) is 2.10. The highest BCUT2D eigenvalue weighted by Crippen LogP contribution is 2.42. The first-order valence-corrected chi connectivity index (χ1v) is 6.63. The van der Waals surface area contributed by atoms with E-state index < -0.39 is 11.9 Å². The van der Waals surface area contributed by atoms with E-state index in [-0.39, 0.29) is 12.2 Å². The van der Waals surface area contributed by atoms with Crippen molar-refractivity contribution in [2.75, 3.05) is 5.75 Å². The lowest BCUT2D eigenvalue weighted by Gasteiger charge is -1.94. The fraction of sp³-hybridized carbons (Fsp3) is 0.556. The van der Waals surface area contributed by atoms with Crippen molar-refractivity contribution in [2.24, 2.45) is 0 Å². The van der Waals surface area contributed by atoms with Crippen LogP contribution in [0.4, 0.5) is 13.2 Å². The average Bonchev–Trinajstić information content (AvgIpc) is 2.99. The van der Waals surface area contributed by atoms with Crippen LogP contribution in [0, 0.1) is 0 Å². The van der Waals surface area contributed by atoms with Crippen molar-refractivity contribution in [1.29, 1.82) is 0 Å². The molecular weight excluding hydrogens is 257 g/mol. The van der Waals surface area contributed by atoms with E-state index in [1.807, 2.05) is 0 Å². The van der Waals surface area contributed by atoms with Gasteiger partial charge in [-0.2, -0.15) is 8.78 Å². The first kappa shape index (κ1) is 11.9. The van der Waals surface area contributed by atoms with Gasteiger partial charge in [-0.05, 0) is 12.8 Å². The summed E-state index contributed by atoms with van der Waals surface area (Å²) in [5, 5.41) is 8.94. The molecule has 16 heavy (non-hydrogen) atoms. The Morgan fingerprint density at radius 1 is 1.31 bits per heavy atom. The maximum atomic E-state index is 12.5. The maximum absolute atomic E-state index is 12.5. The van der Waals surface area contributed by atoms with Crippen molar-refractivity contribution in [3.8, 4) is 0 Å². The van der Waals surface area contributed by atoms with Gasteiger partial charge in [0.05, 0.1) is 0 Å². The summed E-state index contributed by atoms with van der Waals surface area (Å²) in [6.45, 7) is 0. The van der Waals surface area contributed by atoms with E-state index in [0.717, 1.165) is 22.2 Å². The Morgan fingerprint density at radius 2 is 2.06 bits per heavy atom. The number of allylic oxidation sites excluding steroid dienone is 1. The number of hydrogen-bond acceptors (Lipinski definition) is 4. The zero-order valence-corrected chi connectivity index (χ0v) is 9.88. The van der Waals surface area contributed by atoms with E-state index >= 15 is 0 Å². The molecule has 1 aromatic heterocycles. The van der Waals surface area contributed by atoms with Gasteiger partial charge < -0.3 is 0 Å². The smallest absolute Gasteiger partial charge is 0.206 e. The van der Waals surface area contributed by atoms with E-state index in [1.54, 1.807) is 0 Å². The van der Waals surface area contributed by atoms with Gasteiger partial charge in [0.1, 0.15) is 5.01 Å². The minimum Gasteiger partial charge on any atom is -0.206 e. The van der Waals surface area contributed by atoms with Gasteiger partial charge in [-0.15, -0.1) is 10.2 Å². The lowest BCUT2D eigenvalue weighted by atomic mass is 10.4. The lowest BCUT2D eigenvalue weighted by Crippen LogP contribution is -1.82. The predicted molar refractivity (Wildman–Crippen MR) is 57.6 cm³/mol. The van der Waals surface area contributed by atoms with Gasteiger partial charge in [-0.25, -0.2) is 4.39 Å². The van der Waals surface area contributed by atoms with Crippen LogP contribution in [-0.4, -0.2) is 16.0 Å². The van der Waals surface area contributed by atoms with Crippen molar-refractivity contribution < 1.29 is 13.2 Å². The summed E-state index contributed by atoms with van der Waals surface area (Å²) >= 11 is 2.75. The van der Waals surface area contributed by atoms with Gasteiger partial charge in [-0.3, -0.25) is 0 Å². The van der Waals surface area contributed by atoms with E-state index in [4.69, 9.17) is 0 Å². The Kier molecular flexibility index (Phi) is 3.86. The largest absolute Gasteiger partial charge is 0.301 e. The normalized spacial score (nSPS) is 15.2. The van der Waals surface area contributed by atoms with Crippen LogP contribution < -0.4 is 0 Å². The molecule has 0 radical (unpaired) electrons. The second-order valence-electron chi connectivity index (χ2n) is 3.44. The van der Waals surface area contributed by atoms with E-state index in [1.165, 1.54) is 23.1 Å². The number of thioether (sulfide) groups is 1. The Labute approximate surface area is 99.0 Å². The Bertz CT molecular complexity index is 397. The molecule has 0 spiro atoms. The van der Waals surface area contributed by atoms with Crippen LogP contribution in [0.2, 0.25) is 0 Å². The summed E-state index contributed by atoms with van der Waals surface area (Å²) in [6, 6.07) is 0. The number of aromatic nitrogens is 2. The second-order valence-corrected chi connectivity index (χ2v) is 5.80. The fourth-order valence-corrected chi connectivity index (χ4v) is 3.14. The monoisotopic (exact) mass is 266 g/mol. The molecule has 1 saturated carbocycles. The first-order valence-electron chi connectivity index (χ1n) is 4.82. The quantitative estimate of drug-likeness (QED) is 0.754. The molecule has 1 heterocycles. The van der Waals surface area contributed by atoms with Gasteiger partial charge in [0.2, 0.25) is 0 Å². The molecular formula is C9H9F3N2S2. The van der Waals surface area contributed by atoms with Gasteiger partial charge in [0.15, 0.2) is 10.2 Å². The van der Waals surface area contributed by atoms with Crippen LogP contribution in [0.1, 0.15) is 30.2 Å². The summed E-state index contributed by atoms with van der Waals surface area (Å²) in [5.74, 6) is -0.520. The summed E-state index contributed by atoms with van der Waals surface area (Å²) in [5.41, 5.74) is 0. The third kappa shape index (κ3) is 3.21. The Morgan fingerprint density at radius 3 is 2.69 bits per heavy atom. The molecule has 0 bridgehead atoms. The molecule has 0 N–H and O–H groups in total. The molecule has 0 unspecified atom stereocenters. The minimum absolute atomic E-state index is 0.259. The zero-order chi connectivity index (χ0) is 11.5. The molecule has 0 aliphatic heterocycles. The van der Waals surface area contributed by atoms with E-state index in [9.17, 15) is 13.2 Å². The van der Waals surface area contributed by atoms with Crippen LogP contribution >= 0.6 is 23.1 Å². The van der Waals surface area contributed by atoms with Crippen LogP contribution in [0.5, 0.6) is 0 Å². The van der Waals surface area contributed by atoms with Gasteiger partial charge >= 0.3 is 6.08 Å². The maximum Gasteiger partial charge on any atom is 0.301 e. The van der Waals surface area contributed by atoms with Crippen molar-refractivity contribution in [2.45, 2.75) is 29.5 Å². The van der Waals surface area contributed by atoms with Gasteiger partial charge in [0, 0.05) is 18.1 Å². The zero-order valence-electron chi connectivity index (χ0n) is 8.25. The van der Waals surface area contributed by atoms with Crippen molar-refractivity contribution in [1.82, 2.24) is 10.2 Å². The highest BCUT2D eigenvalue weighted by atomic mass is 32.2. The van der Waals surface area contributed by atoms with E-state index in [0.29, 0.717) is 5.92 Å². The molecule has 0 atom stereocenters. The molecule has 1 fully saturated rings. The predicted octanol–water partition coefficient (Wildman–Crippen LogP) is 3.98. The molecule has 1 aromatic rings. The third-order valence-corrected chi connectivity index (χ3v) is 4.32. The molecule has 0 aromatic carbocycles. The minimum atomic E-state index is -2.23. The average molecular weight is 266 g/mol.